The standard InChI is InChI=1S/C34H45F5N2O3/c1-23-8-6-11-29(30(23)25-12-14-28(15-13-25)44-34(37,38)39)31(33(42)43)40(2)20-16-24(17-21-41-18-4-3-5-19-41)26-9-7-10-27(22-26)32(35)36/h6-11,22,24-25,28,31-32H,3-5,12-21H2,1-2H3,(H,42,43)/t24-,25?,28?,31?/m1/s1. The zero-order valence-corrected chi connectivity index (χ0v) is 25.7. The molecule has 0 aromatic heterocycles. The Morgan fingerprint density at radius 1 is 1.00 bits per heavy atom. The summed E-state index contributed by atoms with van der Waals surface area (Å²) in [6.07, 6.45) is -1.73. The average Bonchev–Trinajstić information content (AvgIpc) is 2.97. The van der Waals surface area contributed by atoms with E-state index in [1.807, 2.05) is 36.1 Å². The van der Waals surface area contributed by atoms with Gasteiger partial charge >= 0.3 is 12.3 Å². The van der Waals surface area contributed by atoms with E-state index in [0.717, 1.165) is 55.6 Å². The zero-order chi connectivity index (χ0) is 31.9. The number of rotatable bonds is 13. The fourth-order valence-corrected chi connectivity index (χ4v) is 7.15. The van der Waals surface area contributed by atoms with E-state index in [2.05, 4.69) is 9.64 Å². The zero-order valence-electron chi connectivity index (χ0n) is 25.7. The molecule has 1 saturated heterocycles. The summed E-state index contributed by atoms with van der Waals surface area (Å²) in [7, 11) is 1.77. The molecule has 1 saturated carbocycles. The number of benzene rings is 2. The van der Waals surface area contributed by atoms with Crippen LogP contribution in [0.3, 0.4) is 0 Å². The first-order chi connectivity index (χ1) is 20.9. The van der Waals surface area contributed by atoms with Crippen molar-refractivity contribution in [2.24, 2.45) is 0 Å². The third kappa shape index (κ3) is 9.47. The molecule has 2 fully saturated rings. The minimum atomic E-state index is -4.67. The molecule has 2 aromatic carbocycles. The van der Waals surface area contributed by atoms with Crippen LogP contribution in [-0.2, 0) is 9.53 Å². The SMILES string of the molecule is Cc1cccc(C(C(=O)O)N(C)CC[C@H](CCN2CCCCC2)c2cccc(C(F)F)c2)c1C1CCC(OC(F)(F)F)CC1. The predicted octanol–water partition coefficient (Wildman–Crippen LogP) is 8.60. The van der Waals surface area contributed by atoms with Gasteiger partial charge in [0.25, 0.3) is 6.43 Å². The van der Waals surface area contributed by atoms with Crippen LogP contribution in [0.25, 0.3) is 0 Å². The van der Waals surface area contributed by atoms with E-state index in [1.165, 1.54) is 12.5 Å². The topological polar surface area (TPSA) is 53.0 Å². The Hall–Kier alpha value is -2.56. The van der Waals surface area contributed by atoms with Gasteiger partial charge in [0.2, 0.25) is 0 Å². The van der Waals surface area contributed by atoms with Crippen molar-refractivity contribution in [1.82, 2.24) is 9.80 Å². The lowest BCUT2D eigenvalue weighted by Gasteiger charge is -2.34. The average molecular weight is 625 g/mol. The van der Waals surface area contributed by atoms with E-state index in [1.54, 1.807) is 19.2 Å². The van der Waals surface area contributed by atoms with E-state index < -0.39 is 30.9 Å². The Bertz CT molecular complexity index is 1210. The van der Waals surface area contributed by atoms with E-state index in [0.29, 0.717) is 31.4 Å². The number of nitrogens with zero attached hydrogens (tertiary/aromatic N) is 2. The summed E-state index contributed by atoms with van der Waals surface area (Å²) in [5.41, 5.74) is 3.30. The Kier molecular flexibility index (Phi) is 12.2. The fourth-order valence-electron chi connectivity index (χ4n) is 7.15. The van der Waals surface area contributed by atoms with E-state index in [4.69, 9.17) is 0 Å². The van der Waals surface area contributed by atoms with Crippen molar-refractivity contribution in [1.29, 1.82) is 0 Å². The first kappa shape index (κ1) is 34.3. The number of hydrogen-bond donors (Lipinski definition) is 1. The molecular weight excluding hydrogens is 579 g/mol. The summed E-state index contributed by atoms with van der Waals surface area (Å²) in [5.74, 6) is -1.09. The van der Waals surface area contributed by atoms with Crippen molar-refractivity contribution in [3.8, 4) is 0 Å². The van der Waals surface area contributed by atoms with Crippen LogP contribution in [0.4, 0.5) is 22.0 Å². The third-order valence-corrected chi connectivity index (χ3v) is 9.42. The van der Waals surface area contributed by atoms with Gasteiger partial charge in [-0.25, -0.2) is 8.78 Å². The molecule has 4 rings (SSSR count). The molecule has 44 heavy (non-hydrogen) atoms. The Balaban J connectivity index is 1.51. The van der Waals surface area contributed by atoms with Crippen molar-refractivity contribution >= 4 is 5.97 Å². The van der Waals surface area contributed by atoms with Crippen LogP contribution in [0.15, 0.2) is 42.5 Å². The molecule has 5 nitrogen and oxygen atoms in total. The van der Waals surface area contributed by atoms with Crippen LogP contribution < -0.4 is 0 Å². The van der Waals surface area contributed by atoms with Gasteiger partial charge in [-0.3, -0.25) is 14.4 Å². The lowest BCUT2D eigenvalue weighted by Crippen LogP contribution is -2.35. The summed E-state index contributed by atoms with van der Waals surface area (Å²) >= 11 is 0. The van der Waals surface area contributed by atoms with Crippen LogP contribution in [-0.4, -0.2) is 66.6 Å². The lowest BCUT2D eigenvalue weighted by molar-refractivity contribution is -0.345. The van der Waals surface area contributed by atoms with Crippen LogP contribution in [0.5, 0.6) is 0 Å². The number of ether oxygens (including phenoxy) is 1. The van der Waals surface area contributed by atoms with Crippen LogP contribution in [0, 0.1) is 6.92 Å². The molecular formula is C34H45F5N2O3. The number of carbonyl (C=O) groups is 1. The number of carboxylic acid groups (broad SMARTS) is 1. The highest BCUT2D eigenvalue weighted by Gasteiger charge is 2.37. The maximum absolute atomic E-state index is 13.6. The molecule has 0 bridgehead atoms. The summed E-state index contributed by atoms with van der Waals surface area (Å²) in [5, 5.41) is 10.5. The number of hydrogen-bond acceptors (Lipinski definition) is 4. The van der Waals surface area contributed by atoms with Crippen molar-refractivity contribution in [2.75, 3.05) is 33.2 Å². The number of carboxylic acids is 1. The number of alkyl halides is 5. The molecule has 10 heteroatoms. The Morgan fingerprint density at radius 3 is 2.30 bits per heavy atom. The second kappa shape index (κ2) is 15.6. The highest BCUT2D eigenvalue weighted by molar-refractivity contribution is 5.76. The van der Waals surface area contributed by atoms with Gasteiger partial charge < -0.3 is 10.0 Å². The van der Waals surface area contributed by atoms with E-state index in [-0.39, 0.29) is 30.2 Å². The van der Waals surface area contributed by atoms with E-state index >= 15 is 0 Å². The van der Waals surface area contributed by atoms with Gasteiger partial charge in [-0.05, 0) is 132 Å². The smallest absolute Gasteiger partial charge is 0.480 e. The highest BCUT2D eigenvalue weighted by Crippen LogP contribution is 2.41. The number of aryl methyl sites for hydroxylation is 1. The van der Waals surface area contributed by atoms with Crippen molar-refractivity contribution in [3.05, 3.63) is 70.3 Å². The van der Waals surface area contributed by atoms with Crippen LogP contribution in [0.1, 0.15) is 110 Å². The molecule has 2 aliphatic rings. The molecule has 0 spiro atoms. The van der Waals surface area contributed by atoms with Gasteiger partial charge in [0.05, 0.1) is 6.10 Å². The number of piperidine rings is 1. The number of halogens is 5. The fraction of sp³-hybridized carbons (Fsp3) is 0.618. The van der Waals surface area contributed by atoms with Gasteiger partial charge in [-0.1, -0.05) is 42.8 Å². The van der Waals surface area contributed by atoms with Crippen molar-refractivity contribution in [2.45, 2.75) is 101 Å². The van der Waals surface area contributed by atoms with Gasteiger partial charge in [-0.2, -0.15) is 0 Å². The molecule has 0 amide bonds. The Morgan fingerprint density at radius 2 is 1.66 bits per heavy atom. The summed E-state index contributed by atoms with van der Waals surface area (Å²) < 4.78 is 69.7. The van der Waals surface area contributed by atoms with Gasteiger partial charge in [0, 0.05) is 5.56 Å². The molecule has 1 aliphatic heterocycles. The molecule has 2 atom stereocenters. The highest BCUT2D eigenvalue weighted by atomic mass is 19.4. The molecule has 244 valence electrons. The normalized spacial score (nSPS) is 21.5. The number of likely N-dealkylation sites (N-methyl/N-ethyl adjacent to an activating group) is 1. The van der Waals surface area contributed by atoms with E-state index in [9.17, 15) is 31.9 Å². The minimum absolute atomic E-state index is 0.0120. The molecule has 1 unspecified atom stereocenters. The van der Waals surface area contributed by atoms with Crippen molar-refractivity contribution in [3.63, 3.8) is 0 Å². The van der Waals surface area contributed by atoms with Crippen LogP contribution >= 0.6 is 0 Å². The summed E-state index contributed by atoms with van der Waals surface area (Å²) in [6, 6.07) is 11.2. The maximum atomic E-state index is 13.6. The van der Waals surface area contributed by atoms with Gasteiger partial charge in [0.15, 0.2) is 0 Å². The molecule has 1 aliphatic carbocycles. The summed E-state index contributed by atoms with van der Waals surface area (Å²) in [4.78, 5) is 17.0. The van der Waals surface area contributed by atoms with Gasteiger partial charge in [-0.15, -0.1) is 13.2 Å². The monoisotopic (exact) mass is 624 g/mol. The second-order valence-electron chi connectivity index (χ2n) is 12.5. The van der Waals surface area contributed by atoms with Crippen LogP contribution in [0.2, 0.25) is 0 Å². The summed E-state index contributed by atoms with van der Waals surface area (Å²) in [6.45, 7) is 5.28. The minimum Gasteiger partial charge on any atom is -0.480 e. The number of aliphatic carboxylic acids is 1. The second-order valence-corrected chi connectivity index (χ2v) is 12.5. The number of likely N-dealkylation sites (tertiary alicyclic amines) is 1. The third-order valence-electron chi connectivity index (χ3n) is 9.42. The van der Waals surface area contributed by atoms with Crippen molar-refractivity contribution < 1.29 is 36.6 Å². The largest absolute Gasteiger partial charge is 0.522 e. The lowest BCUT2D eigenvalue weighted by atomic mass is 9.77. The Labute approximate surface area is 257 Å². The molecule has 2 aromatic rings. The quantitative estimate of drug-likeness (QED) is 0.226. The van der Waals surface area contributed by atoms with Gasteiger partial charge in [0.1, 0.15) is 6.04 Å². The molecule has 1 heterocycles. The molecule has 1 N–H and O–H groups in total. The maximum Gasteiger partial charge on any atom is 0.522 e. The first-order valence-corrected chi connectivity index (χ1v) is 15.8. The first-order valence-electron chi connectivity index (χ1n) is 15.8. The predicted molar refractivity (Wildman–Crippen MR) is 160 cm³/mol. The molecule has 0 radical (unpaired) electrons.